The lowest BCUT2D eigenvalue weighted by molar-refractivity contribution is -0.132. The second-order valence-electron chi connectivity index (χ2n) is 7.64. The van der Waals surface area contributed by atoms with Crippen molar-refractivity contribution in [1.82, 2.24) is 15.0 Å². The van der Waals surface area contributed by atoms with Crippen LogP contribution in [0.5, 0.6) is 0 Å². The van der Waals surface area contributed by atoms with Crippen molar-refractivity contribution < 1.29 is 9.32 Å². The van der Waals surface area contributed by atoms with E-state index in [9.17, 15) is 4.79 Å². The fourth-order valence-corrected chi connectivity index (χ4v) is 3.83. The van der Waals surface area contributed by atoms with Gasteiger partial charge in [-0.3, -0.25) is 4.79 Å². The van der Waals surface area contributed by atoms with E-state index < -0.39 is 0 Å². The summed E-state index contributed by atoms with van der Waals surface area (Å²) in [5, 5.41) is 4.79. The number of likely N-dealkylation sites (tertiary alicyclic amines) is 1. The summed E-state index contributed by atoms with van der Waals surface area (Å²) >= 11 is 5.93. The average molecular weight is 404 g/mol. The van der Waals surface area contributed by atoms with Crippen molar-refractivity contribution in [3.63, 3.8) is 0 Å². The number of piperidine rings is 1. The molecule has 5 nitrogen and oxygen atoms in total. The minimum Gasteiger partial charge on any atom is -0.343 e. The number of nitrogens with zero attached hydrogens (tertiary/aromatic N) is 3. The van der Waals surface area contributed by atoms with E-state index in [0.29, 0.717) is 29.1 Å². The molecule has 0 saturated carbocycles. The minimum absolute atomic E-state index is 0.228. The van der Waals surface area contributed by atoms with Crippen LogP contribution in [0.4, 0.5) is 0 Å². The van der Waals surface area contributed by atoms with Crippen molar-refractivity contribution in [1.29, 1.82) is 0 Å². The number of unbranched alkanes of at least 4 members (excludes halogenated alkanes) is 5. The maximum atomic E-state index is 12.4. The number of carbonyl (C=O) groups excluding carboxylic acids is 1. The van der Waals surface area contributed by atoms with Gasteiger partial charge >= 0.3 is 0 Å². The Hall–Kier alpha value is -1.88. The Morgan fingerprint density at radius 3 is 2.50 bits per heavy atom. The van der Waals surface area contributed by atoms with Gasteiger partial charge in [0.2, 0.25) is 17.6 Å². The van der Waals surface area contributed by atoms with Gasteiger partial charge in [-0.1, -0.05) is 55.8 Å². The van der Waals surface area contributed by atoms with Gasteiger partial charge < -0.3 is 9.42 Å². The zero-order chi connectivity index (χ0) is 19.8. The van der Waals surface area contributed by atoms with Crippen LogP contribution in [-0.4, -0.2) is 34.0 Å². The molecule has 0 bridgehead atoms. The SMILES string of the molecule is CCCCCCCCC(=O)N1CCC(c2nc(-c3ccc(Cl)cc3)no2)CC1. The van der Waals surface area contributed by atoms with Crippen LogP contribution in [0.15, 0.2) is 28.8 Å². The molecule has 28 heavy (non-hydrogen) atoms. The Balaban J connectivity index is 1.43. The van der Waals surface area contributed by atoms with Crippen molar-refractivity contribution in [3.05, 3.63) is 35.2 Å². The molecular weight excluding hydrogens is 374 g/mol. The first-order valence-electron chi connectivity index (χ1n) is 10.5. The lowest BCUT2D eigenvalue weighted by Crippen LogP contribution is -2.37. The number of hydrogen-bond donors (Lipinski definition) is 0. The van der Waals surface area contributed by atoms with Crippen LogP contribution in [0.1, 0.15) is 76.5 Å². The van der Waals surface area contributed by atoms with Gasteiger partial charge in [0, 0.05) is 36.0 Å². The number of halogens is 1. The molecule has 2 aromatic rings. The van der Waals surface area contributed by atoms with E-state index in [-0.39, 0.29) is 5.92 Å². The van der Waals surface area contributed by atoms with E-state index in [4.69, 9.17) is 16.1 Å². The Morgan fingerprint density at radius 1 is 1.11 bits per heavy atom. The van der Waals surface area contributed by atoms with Gasteiger partial charge in [-0.2, -0.15) is 4.98 Å². The van der Waals surface area contributed by atoms with E-state index in [1.807, 2.05) is 29.2 Å². The van der Waals surface area contributed by atoms with Crippen LogP contribution >= 0.6 is 11.6 Å². The van der Waals surface area contributed by atoms with Crippen LogP contribution in [0, 0.1) is 0 Å². The molecule has 3 rings (SSSR count). The fourth-order valence-electron chi connectivity index (χ4n) is 3.71. The molecule has 1 aliphatic heterocycles. The van der Waals surface area contributed by atoms with E-state index in [1.165, 1.54) is 25.7 Å². The van der Waals surface area contributed by atoms with Crippen LogP contribution in [0.3, 0.4) is 0 Å². The maximum absolute atomic E-state index is 12.4. The first-order valence-corrected chi connectivity index (χ1v) is 10.9. The predicted molar refractivity (Wildman–Crippen MR) is 111 cm³/mol. The summed E-state index contributed by atoms with van der Waals surface area (Å²) in [6.45, 7) is 3.77. The van der Waals surface area contributed by atoms with Crippen molar-refractivity contribution >= 4 is 17.5 Å². The number of rotatable bonds is 9. The highest BCUT2D eigenvalue weighted by Gasteiger charge is 2.27. The highest BCUT2D eigenvalue weighted by Crippen LogP contribution is 2.29. The van der Waals surface area contributed by atoms with E-state index in [1.54, 1.807) is 0 Å². The average Bonchev–Trinajstić information content (AvgIpc) is 3.21. The Bertz CT molecular complexity index is 736. The predicted octanol–water partition coefficient (Wildman–Crippen LogP) is 5.85. The molecule has 152 valence electrons. The summed E-state index contributed by atoms with van der Waals surface area (Å²) in [7, 11) is 0. The van der Waals surface area contributed by atoms with Crippen LogP contribution in [0.25, 0.3) is 11.4 Å². The van der Waals surface area contributed by atoms with Crippen molar-refractivity contribution in [2.45, 2.75) is 70.6 Å². The zero-order valence-corrected chi connectivity index (χ0v) is 17.5. The summed E-state index contributed by atoms with van der Waals surface area (Å²) in [5.74, 6) is 1.79. The highest BCUT2D eigenvalue weighted by atomic mass is 35.5. The quantitative estimate of drug-likeness (QED) is 0.493. The van der Waals surface area contributed by atoms with Crippen LogP contribution in [-0.2, 0) is 4.79 Å². The molecule has 6 heteroatoms. The Morgan fingerprint density at radius 2 is 1.79 bits per heavy atom. The second kappa shape index (κ2) is 10.6. The van der Waals surface area contributed by atoms with Crippen molar-refractivity contribution in [3.8, 4) is 11.4 Å². The fraction of sp³-hybridized carbons (Fsp3) is 0.591. The van der Waals surface area contributed by atoms with E-state index >= 15 is 0 Å². The van der Waals surface area contributed by atoms with Gasteiger partial charge in [-0.15, -0.1) is 0 Å². The molecule has 0 radical (unpaired) electrons. The number of benzene rings is 1. The largest absolute Gasteiger partial charge is 0.343 e. The maximum Gasteiger partial charge on any atom is 0.230 e. The first kappa shape index (κ1) is 20.8. The van der Waals surface area contributed by atoms with Gasteiger partial charge in [-0.05, 0) is 43.5 Å². The smallest absolute Gasteiger partial charge is 0.230 e. The topological polar surface area (TPSA) is 59.2 Å². The van der Waals surface area contributed by atoms with Gasteiger partial charge in [0.15, 0.2) is 0 Å². The molecule has 0 aliphatic carbocycles. The summed E-state index contributed by atoms with van der Waals surface area (Å²) in [6.07, 6.45) is 9.71. The molecule has 1 amide bonds. The van der Waals surface area contributed by atoms with Gasteiger partial charge in [0.25, 0.3) is 0 Å². The van der Waals surface area contributed by atoms with E-state index in [0.717, 1.165) is 44.3 Å². The normalized spacial score (nSPS) is 15.1. The molecule has 1 aliphatic rings. The lowest BCUT2D eigenvalue weighted by atomic mass is 9.96. The molecule has 2 heterocycles. The molecule has 1 aromatic heterocycles. The number of amides is 1. The zero-order valence-electron chi connectivity index (χ0n) is 16.7. The molecule has 0 N–H and O–H groups in total. The third kappa shape index (κ3) is 5.81. The van der Waals surface area contributed by atoms with Gasteiger partial charge in [0.05, 0.1) is 0 Å². The van der Waals surface area contributed by atoms with E-state index in [2.05, 4.69) is 17.1 Å². The summed E-state index contributed by atoms with van der Waals surface area (Å²) in [5.41, 5.74) is 0.894. The standard InChI is InChI=1S/C22H30ClN3O2/c1-2-3-4-5-6-7-8-20(27)26-15-13-18(14-16-26)22-24-21(25-28-22)17-9-11-19(23)12-10-17/h9-12,18H,2-8,13-16H2,1H3. The molecule has 1 saturated heterocycles. The molecular formula is C22H30ClN3O2. The molecule has 1 aromatic carbocycles. The van der Waals surface area contributed by atoms with Gasteiger partial charge in [-0.25, -0.2) is 0 Å². The van der Waals surface area contributed by atoms with Crippen LogP contribution < -0.4 is 0 Å². The third-order valence-electron chi connectivity index (χ3n) is 5.49. The molecule has 0 spiro atoms. The summed E-state index contributed by atoms with van der Waals surface area (Å²) in [6, 6.07) is 7.42. The molecule has 0 atom stereocenters. The first-order chi connectivity index (χ1) is 13.7. The third-order valence-corrected chi connectivity index (χ3v) is 5.74. The second-order valence-corrected chi connectivity index (χ2v) is 8.07. The number of carbonyl (C=O) groups is 1. The van der Waals surface area contributed by atoms with Gasteiger partial charge in [0.1, 0.15) is 0 Å². The highest BCUT2D eigenvalue weighted by molar-refractivity contribution is 6.30. The summed E-state index contributed by atoms with van der Waals surface area (Å²) < 4.78 is 5.50. The summed E-state index contributed by atoms with van der Waals surface area (Å²) in [4.78, 5) is 19.0. The lowest BCUT2D eigenvalue weighted by Gasteiger charge is -2.30. The Kier molecular flexibility index (Phi) is 7.90. The van der Waals surface area contributed by atoms with Crippen molar-refractivity contribution in [2.75, 3.05) is 13.1 Å². The molecule has 1 fully saturated rings. The van der Waals surface area contributed by atoms with Crippen molar-refractivity contribution in [2.24, 2.45) is 0 Å². The number of aromatic nitrogens is 2. The monoisotopic (exact) mass is 403 g/mol. The molecule has 0 unspecified atom stereocenters. The number of hydrogen-bond acceptors (Lipinski definition) is 4. The van der Waals surface area contributed by atoms with Crippen LogP contribution in [0.2, 0.25) is 5.02 Å². The minimum atomic E-state index is 0.228. The Labute approximate surface area is 172 Å².